The Morgan fingerprint density at radius 1 is 0.800 bits per heavy atom. The normalized spacial score (nSPS) is 11.9. The summed E-state index contributed by atoms with van der Waals surface area (Å²) in [6, 6.07) is 27.7. The van der Waals surface area contributed by atoms with Crippen molar-refractivity contribution in [3.63, 3.8) is 0 Å². The Labute approximate surface area is 279 Å². The van der Waals surface area contributed by atoms with E-state index in [-0.39, 0.29) is 39.5 Å². The number of nitrogens with zero attached hydrogens (tertiary/aromatic N) is 2. The molecule has 0 spiro atoms. The number of sulfonamides is 1. The highest BCUT2D eigenvalue weighted by Gasteiger charge is 2.35. The van der Waals surface area contributed by atoms with E-state index in [1.165, 1.54) is 29.2 Å². The lowest BCUT2D eigenvalue weighted by Gasteiger charge is -2.34. The van der Waals surface area contributed by atoms with E-state index in [2.05, 4.69) is 5.32 Å². The van der Waals surface area contributed by atoms with E-state index in [0.717, 1.165) is 22.7 Å². The van der Waals surface area contributed by atoms with Gasteiger partial charge in [-0.3, -0.25) is 13.9 Å². The number of carbonyl (C=O) groups is 2. The van der Waals surface area contributed by atoms with Crippen LogP contribution in [-0.2, 0) is 32.6 Å². The molecule has 0 bridgehead atoms. The predicted octanol–water partition coefficient (Wildman–Crippen LogP) is 7.40. The highest BCUT2D eigenvalue weighted by atomic mass is 35.5. The number of amides is 2. The molecule has 0 aliphatic carbocycles. The Kier molecular flexibility index (Phi) is 12.3. The Morgan fingerprint density at radius 2 is 1.42 bits per heavy atom. The molecule has 0 heterocycles. The van der Waals surface area contributed by atoms with Crippen LogP contribution in [0.15, 0.2) is 108 Å². The van der Waals surface area contributed by atoms with Crippen LogP contribution in [0.1, 0.15) is 30.9 Å². The number of halogens is 3. The summed E-state index contributed by atoms with van der Waals surface area (Å²) in [5.41, 5.74) is 1.47. The van der Waals surface area contributed by atoms with Crippen LogP contribution in [0.2, 0.25) is 15.1 Å². The molecule has 0 aliphatic rings. The summed E-state index contributed by atoms with van der Waals surface area (Å²) in [4.78, 5) is 29.7. The first-order valence-electron chi connectivity index (χ1n) is 14.5. The van der Waals surface area contributed by atoms with Crippen molar-refractivity contribution in [2.45, 2.75) is 43.7 Å². The number of benzene rings is 4. The van der Waals surface area contributed by atoms with Gasteiger partial charge in [0.05, 0.1) is 20.6 Å². The summed E-state index contributed by atoms with van der Waals surface area (Å²) in [7, 11) is -4.31. The highest BCUT2D eigenvalue weighted by Crippen LogP contribution is 2.35. The van der Waals surface area contributed by atoms with Gasteiger partial charge in [0, 0.05) is 24.5 Å². The van der Waals surface area contributed by atoms with Gasteiger partial charge in [0.25, 0.3) is 10.0 Å². The Balaban J connectivity index is 1.82. The van der Waals surface area contributed by atoms with Gasteiger partial charge in [-0.15, -0.1) is 0 Å². The fraction of sp³-hybridized carbons (Fsp3) is 0.235. The highest BCUT2D eigenvalue weighted by molar-refractivity contribution is 7.92. The average molecular weight is 687 g/mol. The SMILES string of the molecule is CCCCNC(=O)C(Cc1ccccc1)N(Cc1ccccc1Cl)C(=O)CN(c1cccc(Cl)c1Cl)S(=O)(=O)c1ccccc1. The van der Waals surface area contributed by atoms with Gasteiger partial charge in [0.2, 0.25) is 11.8 Å². The minimum absolute atomic E-state index is 0.0257. The lowest BCUT2D eigenvalue weighted by atomic mass is 10.0. The van der Waals surface area contributed by atoms with Crippen LogP contribution in [0.5, 0.6) is 0 Å². The molecule has 0 fully saturated rings. The average Bonchev–Trinajstić information content (AvgIpc) is 3.04. The molecule has 4 aromatic rings. The summed E-state index contributed by atoms with van der Waals surface area (Å²) in [5, 5.41) is 3.47. The number of rotatable bonds is 14. The molecule has 7 nitrogen and oxygen atoms in total. The fourth-order valence-electron chi connectivity index (χ4n) is 4.79. The molecule has 0 aliphatic heterocycles. The summed E-state index contributed by atoms with van der Waals surface area (Å²) < 4.78 is 29.1. The van der Waals surface area contributed by atoms with Gasteiger partial charge in [-0.1, -0.05) is 121 Å². The number of hydrogen-bond acceptors (Lipinski definition) is 4. The smallest absolute Gasteiger partial charge is 0.264 e. The van der Waals surface area contributed by atoms with Crippen LogP contribution in [0.4, 0.5) is 5.69 Å². The Morgan fingerprint density at radius 3 is 2.09 bits per heavy atom. The van der Waals surface area contributed by atoms with E-state index < -0.39 is 28.5 Å². The van der Waals surface area contributed by atoms with Crippen molar-refractivity contribution in [2.24, 2.45) is 0 Å². The number of hydrogen-bond donors (Lipinski definition) is 1. The van der Waals surface area contributed by atoms with Crippen molar-refractivity contribution in [1.29, 1.82) is 0 Å². The number of carbonyl (C=O) groups excluding carboxylic acids is 2. The van der Waals surface area contributed by atoms with Crippen molar-refractivity contribution in [3.05, 3.63) is 129 Å². The molecule has 4 rings (SSSR count). The van der Waals surface area contributed by atoms with Crippen molar-refractivity contribution in [3.8, 4) is 0 Å². The molecule has 0 saturated carbocycles. The van der Waals surface area contributed by atoms with Gasteiger partial charge >= 0.3 is 0 Å². The zero-order valence-corrected chi connectivity index (χ0v) is 27.8. The summed E-state index contributed by atoms with van der Waals surface area (Å²) >= 11 is 19.4. The predicted molar refractivity (Wildman–Crippen MR) is 181 cm³/mol. The van der Waals surface area contributed by atoms with Gasteiger partial charge in [-0.2, -0.15) is 0 Å². The number of unbranched alkanes of at least 4 members (excludes halogenated alkanes) is 1. The topological polar surface area (TPSA) is 86.8 Å². The van der Waals surface area contributed by atoms with E-state index in [1.54, 1.807) is 48.5 Å². The van der Waals surface area contributed by atoms with Crippen LogP contribution in [-0.4, -0.2) is 44.3 Å². The second-order valence-corrected chi connectivity index (χ2v) is 13.4. The molecular weight excluding hydrogens is 653 g/mol. The molecule has 4 aromatic carbocycles. The van der Waals surface area contributed by atoms with Crippen molar-refractivity contribution in [1.82, 2.24) is 10.2 Å². The second-order valence-electron chi connectivity index (χ2n) is 10.4. The second kappa shape index (κ2) is 16.1. The molecule has 0 saturated heterocycles. The summed E-state index contributed by atoms with van der Waals surface area (Å²) in [6.45, 7) is 1.75. The fourth-order valence-corrected chi connectivity index (χ4v) is 6.88. The number of nitrogens with one attached hydrogen (secondary N) is 1. The molecule has 236 valence electrons. The van der Waals surface area contributed by atoms with E-state index >= 15 is 0 Å². The molecule has 1 unspecified atom stereocenters. The standard InChI is InChI=1S/C34H34Cl3N3O4S/c1-2-3-21-38-34(42)31(22-25-13-6-4-7-14-25)39(23-26-15-10-11-18-28(26)35)32(41)24-40(30-20-12-19-29(36)33(30)37)45(43,44)27-16-8-5-9-17-27/h4-20,31H,2-3,21-24H2,1H3,(H,38,42). The van der Waals surface area contributed by atoms with Crippen molar-refractivity contribution < 1.29 is 18.0 Å². The Bertz CT molecular complexity index is 1710. The van der Waals surface area contributed by atoms with Gasteiger partial charge in [-0.25, -0.2) is 8.42 Å². The quantitative estimate of drug-likeness (QED) is 0.140. The maximum atomic E-state index is 14.5. The zero-order valence-electron chi connectivity index (χ0n) is 24.7. The molecule has 11 heteroatoms. The lowest BCUT2D eigenvalue weighted by molar-refractivity contribution is -0.140. The number of anilines is 1. The lowest BCUT2D eigenvalue weighted by Crippen LogP contribution is -2.53. The third kappa shape index (κ3) is 8.79. The zero-order chi connectivity index (χ0) is 32.4. The van der Waals surface area contributed by atoms with E-state index in [1.807, 2.05) is 37.3 Å². The molecule has 0 aromatic heterocycles. The van der Waals surface area contributed by atoms with E-state index in [9.17, 15) is 18.0 Å². The van der Waals surface area contributed by atoms with E-state index in [4.69, 9.17) is 34.8 Å². The maximum absolute atomic E-state index is 14.5. The molecule has 0 radical (unpaired) electrons. The van der Waals surface area contributed by atoms with E-state index in [0.29, 0.717) is 17.1 Å². The van der Waals surface area contributed by atoms with Crippen LogP contribution in [0.3, 0.4) is 0 Å². The van der Waals surface area contributed by atoms with Gasteiger partial charge in [0.15, 0.2) is 0 Å². The van der Waals surface area contributed by atoms with Crippen LogP contribution in [0, 0.1) is 0 Å². The minimum Gasteiger partial charge on any atom is -0.354 e. The van der Waals surface area contributed by atoms with Gasteiger partial charge in [0.1, 0.15) is 12.6 Å². The van der Waals surface area contributed by atoms with Crippen molar-refractivity contribution >= 4 is 62.3 Å². The molecule has 45 heavy (non-hydrogen) atoms. The summed E-state index contributed by atoms with van der Waals surface area (Å²) in [6.07, 6.45) is 1.83. The van der Waals surface area contributed by atoms with Crippen molar-refractivity contribution in [2.75, 3.05) is 17.4 Å². The van der Waals surface area contributed by atoms with Crippen LogP contribution in [0.25, 0.3) is 0 Å². The first-order valence-corrected chi connectivity index (χ1v) is 17.1. The van der Waals surface area contributed by atoms with Crippen LogP contribution >= 0.6 is 34.8 Å². The largest absolute Gasteiger partial charge is 0.354 e. The molecular formula is C34H34Cl3N3O4S. The Hall–Kier alpha value is -3.56. The molecule has 1 atom stereocenters. The minimum atomic E-state index is -4.31. The summed E-state index contributed by atoms with van der Waals surface area (Å²) in [5.74, 6) is -0.983. The third-order valence-electron chi connectivity index (χ3n) is 7.21. The third-order valence-corrected chi connectivity index (χ3v) is 10.2. The van der Waals surface area contributed by atoms with Gasteiger partial charge in [-0.05, 0) is 47.9 Å². The monoisotopic (exact) mass is 685 g/mol. The molecule has 2 amide bonds. The van der Waals surface area contributed by atoms with Gasteiger partial charge < -0.3 is 10.2 Å². The molecule has 1 N–H and O–H groups in total. The maximum Gasteiger partial charge on any atom is 0.264 e. The first kappa shape index (κ1) is 34.3. The first-order chi connectivity index (χ1) is 21.6. The van der Waals surface area contributed by atoms with Crippen LogP contribution < -0.4 is 9.62 Å².